The van der Waals surface area contributed by atoms with Crippen LogP contribution in [0.2, 0.25) is 0 Å². The van der Waals surface area contributed by atoms with Gasteiger partial charge in [0.25, 0.3) is 0 Å². The first-order chi connectivity index (χ1) is 10.7. The zero-order chi connectivity index (χ0) is 15.5. The highest BCUT2D eigenvalue weighted by molar-refractivity contribution is 5.87. The van der Waals surface area contributed by atoms with Gasteiger partial charge < -0.3 is 24.6 Å². The molecule has 0 atom stereocenters. The van der Waals surface area contributed by atoms with Crippen LogP contribution >= 0.6 is 0 Å². The van der Waals surface area contributed by atoms with E-state index in [4.69, 9.17) is 9.47 Å². The fourth-order valence-electron chi connectivity index (χ4n) is 2.33. The lowest BCUT2D eigenvalue weighted by molar-refractivity contribution is 0.146. The predicted octanol–water partition coefficient (Wildman–Crippen LogP) is 2.13. The summed E-state index contributed by atoms with van der Waals surface area (Å²) in [7, 11) is 1.62. The molecule has 1 aromatic heterocycles. The van der Waals surface area contributed by atoms with Gasteiger partial charge in [-0.2, -0.15) is 0 Å². The molecule has 0 amide bonds. The quantitative estimate of drug-likeness (QED) is 0.736. The van der Waals surface area contributed by atoms with Crippen molar-refractivity contribution in [1.82, 2.24) is 4.98 Å². The lowest BCUT2D eigenvalue weighted by atomic mass is 10.1. The Morgan fingerprint density at radius 3 is 2.91 bits per heavy atom. The summed E-state index contributed by atoms with van der Waals surface area (Å²) in [5.41, 5.74) is 2.20. The van der Waals surface area contributed by atoms with E-state index in [-0.39, 0.29) is 11.8 Å². The number of aromatic nitrogens is 1. The van der Waals surface area contributed by atoms with Gasteiger partial charge >= 0.3 is 0 Å². The van der Waals surface area contributed by atoms with Crippen LogP contribution in [0.1, 0.15) is 5.56 Å². The third-order valence-corrected chi connectivity index (χ3v) is 3.39. The first-order valence-corrected chi connectivity index (χ1v) is 6.84. The van der Waals surface area contributed by atoms with Crippen LogP contribution in [0.25, 0.3) is 0 Å². The van der Waals surface area contributed by atoms with Gasteiger partial charge in [-0.25, -0.2) is 4.99 Å². The van der Waals surface area contributed by atoms with Crippen LogP contribution in [-0.2, 0) is 11.3 Å². The molecule has 0 bridgehead atoms. The first-order valence-electron chi connectivity index (χ1n) is 6.84. The number of methoxy groups -OCH3 is 1. The van der Waals surface area contributed by atoms with Crippen LogP contribution in [0.5, 0.6) is 17.5 Å². The van der Waals surface area contributed by atoms with Crippen LogP contribution in [0.3, 0.4) is 0 Å². The van der Waals surface area contributed by atoms with Crippen molar-refractivity contribution < 1.29 is 19.7 Å². The summed E-state index contributed by atoms with van der Waals surface area (Å²) in [6.45, 7) is 1.43. The summed E-state index contributed by atoms with van der Waals surface area (Å²) in [4.78, 5) is 8.55. The summed E-state index contributed by atoms with van der Waals surface area (Å²) in [5.74, 6) is 0.525. The number of rotatable bonds is 5. The van der Waals surface area contributed by atoms with Crippen molar-refractivity contribution in [3.63, 3.8) is 0 Å². The molecular formula is C15H17N3O4. The summed E-state index contributed by atoms with van der Waals surface area (Å²) in [5, 5.41) is 19.2. The molecule has 1 aliphatic rings. The minimum absolute atomic E-state index is 0.101. The molecular weight excluding hydrogens is 286 g/mol. The third-order valence-electron chi connectivity index (χ3n) is 3.39. The molecule has 0 spiro atoms. The Morgan fingerprint density at radius 1 is 1.32 bits per heavy atom. The van der Waals surface area contributed by atoms with Gasteiger partial charge in [0.15, 0.2) is 5.88 Å². The first kappa shape index (κ1) is 14.3. The van der Waals surface area contributed by atoms with Gasteiger partial charge in [-0.3, -0.25) is 4.98 Å². The average Bonchev–Trinajstić information content (AvgIpc) is 2.86. The van der Waals surface area contributed by atoms with E-state index in [1.807, 2.05) is 18.2 Å². The zero-order valence-electron chi connectivity index (χ0n) is 12.1. The Balaban J connectivity index is 1.86. The van der Waals surface area contributed by atoms with Crippen LogP contribution in [-0.4, -0.2) is 41.9 Å². The number of hydrogen-bond donors (Lipinski definition) is 3. The number of fused-ring (bicyclic) bond motifs is 1. The monoisotopic (exact) mass is 303 g/mol. The fourth-order valence-corrected chi connectivity index (χ4v) is 2.33. The Labute approximate surface area is 127 Å². The standard InChI is InChI=1S/C15H17N3O4/c1-21-5-6-22-13-4-2-3-11-10(13)8-18(9-16-11)12-7-14(19)17-15(12)20/h2-4,7,9,17,19-20H,5-6,8H2,1H3. The predicted molar refractivity (Wildman–Crippen MR) is 82.3 cm³/mol. The number of aromatic hydroxyl groups is 2. The molecule has 22 heavy (non-hydrogen) atoms. The molecule has 3 rings (SSSR count). The number of benzene rings is 1. The SMILES string of the molecule is COCCOc1cccc2c1CN(c1cc(O)[nH]c1O)C=N2. The minimum atomic E-state index is -0.106. The number of nitrogens with zero attached hydrogens (tertiary/aromatic N) is 2. The molecule has 7 nitrogen and oxygen atoms in total. The Bertz CT molecular complexity index is 696. The second-order valence-corrected chi connectivity index (χ2v) is 4.86. The maximum Gasteiger partial charge on any atom is 0.215 e. The van der Waals surface area contributed by atoms with Gasteiger partial charge in [-0.1, -0.05) is 6.07 Å². The molecule has 0 fully saturated rings. The summed E-state index contributed by atoms with van der Waals surface area (Å²) < 4.78 is 10.7. The molecule has 2 aromatic rings. The highest BCUT2D eigenvalue weighted by Crippen LogP contribution is 2.37. The van der Waals surface area contributed by atoms with Crippen LogP contribution < -0.4 is 9.64 Å². The number of nitrogens with one attached hydrogen (secondary N) is 1. The van der Waals surface area contributed by atoms with E-state index >= 15 is 0 Å². The van der Waals surface area contributed by atoms with Crippen molar-refractivity contribution in [3.05, 3.63) is 29.8 Å². The van der Waals surface area contributed by atoms with E-state index in [0.29, 0.717) is 25.4 Å². The lowest BCUT2D eigenvalue weighted by Crippen LogP contribution is -2.23. The van der Waals surface area contributed by atoms with E-state index in [1.165, 1.54) is 6.07 Å². The lowest BCUT2D eigenvalue weighted by Gasteiger charge is -2.25. The van der Waals surface area contributed by atoms with Gasteiger partial charge in [0.1, 0.15) is 18.0 Å². The average molecular weight is 303 g/mol. The van der Waals surface area contributed by atoms with Gasteiger partial charge in [0.2, 0.25) is 5.88 Å². The smallest absolute Gasteiger partial charge is 0.215 e. The van der Waals surface area contributed by atoms with Crippen LogP contribution in [0, 0.1) is 0 Å². The molecule has 1 aromatic carbocycles. The van der Waals surface area contributed by atoms with Gasteiger partial charge in [0.05, 0.1) is 25.2 Å². The van der Waals surface area contributed by atoms with E-state index in [0.717, 1.165) is 17.0 Å². The molecule has 0 aliphatic carbocycles. The second kappa shape index (κ2) is 5.98. The maximum absolute atomic E-state index is 9.81. The fraction of sp³-hybridized carbons (Fsp3) is 0.267. The summed E-state index contributed by atoms with van der Waals surface area (Å²) in [6, 6.07) is 7.11. The molecule has 1 aliphatic heterocycles. The number of aromatic amines is 1. The van der Waals surface area contributed by atoms with Crippen molar-refractivity contribution in [2.45, 2.75) is 6.54 Å². The highest BCUT2D eigenvalue weighted by atomic mass is 16.5. The number of H-pyrrole nitrogens is 1. The summed E-state index contributed by atoms with van der Waals surface area (Å²) in [6.07, 6.45) is 1.61. The third kappa shape index (κ3) is 2.71. The van der Waals surface area contributed by atoms with Crippen molar-refractivity contribution in [2.24, 2.45) is 4.99 Å². The molecule has 3 N–H and O–H groups in total. The van der Waals surface area contributed by atoms with Crippen LogP contribution in [0.4, 0.5) is 11.4 Å². The largest absolute Gasteiger partial charge is 0.494 e. The number of ether oxygens (including phenoxy) is 2. The van der Waals surface area contributed by atoms with E-state index in [1.54, 1.807) is 18.3 Å². The number of hydrogen-bond acceptors (Lipinski definition) is 6. The normalized spacial score (nSPS) is 13.2. The Morgan fingerprint density at radius 2 is 2.18 bits per heavy atom. The van der Waals surface area contributed by atoms with E-state index in [9.17, 15) is 10.2 Å². The Hall–Kier alpha value is -2.67. The second-order valence-electron chi connectivity index (χ2n) is 4.86. The zero-order valence-corrected chi connectivity index (χ0v) is 12.1. The molecule has 2 heterocycles. The molecule has 0 saturated carbocycles. The van der Waals surface area contributed by atoms with Gasteiger partial charge in [-0.05, 0) is 12.1 Å². The summed E-state index contributed by atoms with van der Waals surface area (Å²) >= 11 is 0. The topological polar surface area (TPSA) is 90.3 Å². The molecule has 116 valence electrons. The number of aliphatic imine (C=N–C) groups is 1. The van der Waals surface area contributed by atoms with Crippen molar-refractivity contribution in [2.75, 3.05) is 25.2 Å². The van der Waals surface area contributed by atoms with Crippen LogP contribution in [0.15, 0.2) is 29.3 Å². The van der Waals surface area contributed by atoms with E-state index < -0.39 is 0 Å². The number of anilines is 1. The van der Waals surface area contributed by atoms with Gasteiger partial charge in [-0.15, -0.1) is 0 Å². The maximum atomic E-state index is 9.81. The molecule has 0 radical (unpaired) electrons. The minimum Gasteiger partial charge on any atom is -0.494 e. The molecule has 0 saturated heterocycles. The Kier molecular flexibility index (Phi) is 3.88. The van der Waals surface area contributed by atoms with Crippen molar-refractivity contribution in [3.8, 4) is 17.5 Å². The van der Waals surface area contributed by atoms with Crippen molar-refractivity contribution in [1.29, 1.82) is 0 Å². The molecule has 0 unspecified atom stereocenters. The van der Waals surface area contributed by atoms with E-state index in [2.05, 4.69) is 9.98 Å². The van der Waals surface area contributed by atoms with Crippen molar-refractivity contribution >= 4 is 17.7 Å². The van der Waals surface area contributed by atoms with Gasteiger partial charge in [0, 0.05) is 18.7 Å². The molecule has 7 heteroatoms. The highest BCUT2D eigenvalue weighted by Gasteiger charge is 2.21.